The molecule has 0 spiro atoms. The molecular weight excluding hydrogens is 391 g/mol. The minimum absolute atomic E-state index is 0.00717. The largest absolute Gasteiger partial charge is 0.481 e. The van der Waals surface area contributed by atoms with Crippen molar-refractivity contribution in [1.82, 2.24) is 9.47 Å². The fourth-order valence-electron chi connectivity index (χ4n) is 4.27. The first-order chi connectivity index (χ1) is 14.0. The SMILES string of the molecule is O=C(O)Cc1ccc2cc(Cl)n(C3CCN(CCc4ccccc4F)CC3)c2c1. The molecule has 0 aliphatic carbocycles. The second kappa shape index (κ2) is 8.56. The number of hydrogen-bond donors (Lipinski definition) is 1. The van der Waals surface area contributed by atoms with Crippen LogP contribution in [0.25, 0.3) is 10.9 Å². The molecule has 0 bridgehead atoms. The van der Waals surface area contributed by atoms with Gasteiger partial charge in [0.2, 0.25) is 0 Å². The van der Waals surface area contributed by atoms with Crippen LogP contribution >= 0.6 is 11.6 Å². The van der Waals surface area contributed by atoms with Crippen LogP contribution in [0, 0.1) is 5.82 Å². The molecule has 1 fully saturated rings. The molecule has 1 aromatic heterocycles. The highest BCUT2D eigenvalue weighted by Crippen LogP contribution is 2.33. The molecule has 1 aliphatic heterocycles. The summed E-state index contributed by atoms with van der Waals surface area (Å²) in [5.41, 5.74) is 2.54. The van der Waals surface area contributed by atoms with Gasteiger partial charge in [-0.05, 0) is 48.6 Å². The number of halogens is 2. The van der Waals surface area contributed by atoms with Gasteiger partial charge >= 0.3 is 5.97 Å². The standard InChI is InChI=1S/C23H24ClFN2O2/c24-22-15-18-6-5-16(14-23(28)29)13-21(18)27(22)19-8-11-26(12-9-19)10-7-17-3-1-2-4-20(17)25/h1-6,13,15,19H,7-12,14H2,(H,28,29). The average molecular weight is 415 g/mol. The summed E-state index contributed by atoms with van der Waals surface area (Å²) in [6.07, 6.45) is 2.64. The molecular formula is C23H24ClFN2O2. The van der Waals surface area contributed by atoms with Gasteiger partial charge in [0.1, 0.15) is 11.0 Å². The average Bonchev–Trinajstić information content (AvgIpc) is 3.02. The van der Waals surface area contributed by atoms with E-state index in [-0.39, 0.29) is 18.3 Å². The number of carboxylic acid groups (broad SMARTS) is 1. The summed E-state index contributed by atoms with van der Waals surface area (Å²) in [7, 11) is 0. The number of benzene rings is 2. The van der Waals surface area contributed by atoms with E-state index in [2.05, 4.69) is 9.47 Å². The number of carboxylic acids is 1. The molecule has 0 saturated carbocycles. The van der Waals surface area contributed by atoms with Gasteiger partial charge in [0.25, 0.3) is 0 Å². The number of carbonyl (C=O) groups is 1. The van der Waals surface area contributed by atoms with E-state index >= 15 is 0 Å². The minimum Gasteiger partial charge on any atom is -0.481 e. The van der Waals surface area contributed by atoms with Gasteiger partial charge in [-0.2, -0.15) is 0 Å². The lowest BCUT2D eigenvalue weighted by Crippen LogP contribution is -2.36. The Bertz CT molecular complexity index is 1020. The molecule has 0 radical (unpaired) electrons. The first-order valence-electron chi connectivity index (χ1n) is 9.98. The van der Waals surface area contributed by atoms with E-state index in [1.165, 1.54) is 6.07 Å². The van der Waals surface area contributed by atoms with E-state index in [1.807, 2.05) is 36.4 Å². The van der Waals surface area contributed by atoms with Crippen LogP contribution in [0.15, 0.2) is 48.5 Å². The summed E-state index contributed by atoms with van der Waals surface area (Å²) >= 11 is 6.55. The van der Waals surface area contributed by atoms with Gasteiger partial charge in [-0.25, -0.2) is 4.39 Å². The van der Waals surface area contributed by atoms with Crippen LogP contribution in [-0.4, -0.2) is 40.2 Å². The van der Waals surface area contributed by atoms with Crippen molar-refractivity contribution < 1.29 is 14.3 Å². The maximum absolute atomic E-state index is 13.8. The molecule has 0 atom stereocenters. The summed E-state index contributed by atoms with van der Waals surface area (Å²) in [5.74, 6) is -0.971. The number of hydrogen-bond acceptors (Lipinski definition) is 2. The van der Waals surface area contributed by atoms with Gasteiger partial charge in [-0.1, -0.05) is 41.9 Å². The summed E-state index contributed by atoms with van der Waals surface area (Å²) in [6.45, 7) is 2.71. The van der Waals surface area contributed by atoms with Crippen molar-refractivity contribution in [3.8, 4) is 0 Å². The van der Waals surface area contributed by atoms with Gasteiger partial charge in [-0.3, -0.25) is 4.79 Å². The van der Waals surface area contributed by atoms with Crippen LogP contribution in [0.5, 0.6) is 0 Å². The smallest absolute Gasteiger partial charge is 0.307 e. The third-order valence-corrected chi connectivity index (χ3v) is 6.08. The topological polar surface area (TPSA) is 45.5 Å². The molecule has 1 aliphatic rings. The lowest BCUT2D eigenvalue weighted by Gasteiger charge is -2.33. The van der Waals surface area contributed by atoms with Crippen molar-refractivity contribution in [2.45, 2.75) is 31.7 Å². The van der Waals surface area contributed by atoms with Gasteiger partial charge in [0.05, 0.1) is 6.42 Å². The fourth-order valence-corrected chi connectivity index (χ4v) is 4.62. The zero-order chi connectivity index (χ0) is 20.4. The Hall–Kier alpha value is -2.37. The van der Waals surface area contributed by atoms with E-state index < -0.39 is 5.97 Å². The summed E-state index contributed by atoms with van der Waals surface area (Å²) in [6, 6.07) is 14.9. The maximum Gasteiger partial charge on any atom is 0.307 e. The molecule has 6 heteroatoms. The van der Waals surface area contributed by atoms with Crippen molar-refractivity contribution in [3.05, 3.63) is 70.6 Å². The Morgan fingerprint density at radius 2 is 1.90 bits per heavy atom. The van der Waals surface area contributed by atoms with Crippen LogP contribution in [-0.2, 0) is 17.6 Å². The molecule has 1 saturated heterocycles. The Kier molecular flexibility index (Phi) is 5.88. The van der Waals surface area contributed by atoms with E-state index in [9.17, 15) is 9.18 Å². The van der Waals surface area contributed by atoms with Crippen LogP contribution in [0.2, 0.25) is 5.15 Å². The number of likely N-dealkylation sites (tertiary alicyclic amines) is 1. The number of rotatable bonds is 6. The van der Waals surface area contributed by atoms with Gasteiger partial charge < -0.3 is 14.6 Å². The number of fused-ring (bicyclic) bond motifs is 1. The third kappa shape index (κ3) is 4.46. The molecule has 1 N–H and O–H groups in total. The predicted molar refractivity (Wildman–Crippen MR) is 113 cm³/mol. The molecule has 3 aromatic rings. The highest BCUT2D eigenvalue weighted by Gasteiger charge is 2.23. The second-order valence-electron chi connectivity index (χ2n) is 7.71. The Morgan fingerprint density at radius 3 is 2.62 bits per heavy atom. The minimum atomic E-state index is -0.836. The van der Waals surface area contributed by atoms with Crippen molar-refractivity contribution in [1.29, 1.82) is 0 Å². The maximum atomic E-state index is 13.8. The fraction of sp³-hybridized carbons (Fsp3) is 0.348. The van der Waals surface area contributed by atoms with Crippen LogP contribution in [0.1, 0.15) is 30.0 Å². The molecule has 0 amide bonds. The third-order valence-electron chi connectivity index (χ3n) is 5.79. The lowest BCUT2D eigenvalue weighted by atomic mass is 10.0. The Morgan fingerprint density at radius 1 is 1.14 bits per heavy atom. The normalized spacial score (nSPS) is 15.8. The van der Waals surface area contributed by atoms with E-state index in [1.54, 1.807) is 6.07 Å². The van der Waals surface area contributed by atoms with E-state index in [0.29, 0.717) is 11.6 Å². The molecule has 4 nitrogen and oxygen atoms in total. The highest BCUT2D eigenvalue weighted by atomic mass is 35.5. The van der Waals surface area contributed by atoms with Gasteiger partial charge in [0, 0.05) is 36.6 Å². The number of piperidine rings is 1. The second-order valence-corrected chi connectivity index (χ2v) is 8.10. The van der Waals surface area contributed by atoms with Gasteiger partial charge in [0.15, 0.2) is 0 Å². The van der Waals surface area contributed by atoms with Crippen molar-refractivity contribution in [2.24, 2.45) is 0 Å². The first kappa shape index (κ1) is 19.9. The van der Waals surface area contributed by atoms with Gasteiger partial charge in [-0.15, -0.1) is 0 Å². The quantitative estimate of drug-likeness (QED) is 0.621. The lowest BCUT2D eigenvalue weighted by molar-refractivity contribution is -0.136. The Labute approximate surface area is 174 Å². The van der Waals surface area contributed by atoms with Crippen molar-refractivity contribution in [3.63, 3.8) is 0 Å². The summed E-state index contributed by atoms with van der Waals surface area (Å²) in [4.78, 5) is 13.4. The molecule has 0 unspecified atom stereocenters. The first-order valence-corrected chi connectivity index (χ1v) is 10.4. The molecule has 29 heavy (non-hydrogen) atoms. The number of aliphatic carboxylic acids is 1. The predicted octanol–water partition coefficient (Wildman–Crippen LogP) is 4.94. The Balaban J connectivity index is 1.44. The summed E-state index contributed by atoms with van der Waals surface area (Å²) < 4.78 is 16.0. The molecule has 2 heterocycles. The van der Waals surface area contributed by atoms with E-state index in [0.717, 1.165) is 54.5 Å². The van der Waals surface area contributed by atoms with E-state index in [4.69, 9.17) is 16.7 Å². The molecule has 2 aromatic carbocycles. The van der Waals surface area contributed by atoms with Crippen LogP contribution in [0.3, 0.4) is 0 Å². The van der Waals surface area contributed by atoms with Crippen LogP contribution < -0.4 is 0 Å². The highest BCUT2D eigenvalue weighted by molar-refractivity contribution is 6.31. The monoisotopic (exact) mass is 414 g/mol. The summed E-state index contributed by atoms with van der Waals surface area (Å²) in [5, 5.41) is 10.8. The zero-order valence-corrected chi connectivity index (χ0v) is 16.9. The molecule has 4 rings (SSSR count). The number of nitrogens with zero attached hydrogens (tertiary/aromatic N) is 2. The van der Waals surface area contributed by atoms with Crippen molar-refractivity contribution in [2.75, 3.05) is 19.6 Å². The van der Waals surface area contributed by atoms with Crippen molar-refractivity contribution >= 4 is 28.5 Å². The van der Waals surface area contributed by atoms with Crippen LogP contribution in [0.4, 0.5) is 4.39 Å². The number of aromatic nitrogens is 1. The zero-order valence-electron chi connectivity index (χ0n) is 16.2. The molecule has 152 valence electrons.